The lowest BCUT2D eigenvalue weighted by molar-refractivity contribution is -0.123. The number of aromatic nitrogens is 2. The molecule has 2 aliphatic heterocycles. The Balaban J connectivity index is 0.00000156. The van der Waals surface area contributed by atoms with E-state index in [0.29, 0.717) is 24.4 Å². The number of carbonyl (C=O) groups is 1. The molecule has 3 unspecified atom stereocenters. The predicted octanol–water partition coefficient (Wildman–Crippen LogP) is 2.26. The molecule has 1 aliphatic carbocycles. The lowest BCUT2D eigenvalue weighted by Crippen LogP contribution is -2.40. The number of halogens is 1. The molecule has 23 heavy (non-hydrogen) atoms. The van der Waals surface area contributed by atoms with Gasteiger partial charge in [-0.2, -0.15) is 5.10 Å². The van der Waals surface area contributed by atoms with Gasteiger partial charge in [-0.3, -0.25) is 9.48 Å². The smallest absolute Gasteiger partial charge is 0.220 e. The average Bonchev–Trinajstić information content (AvgIpc) is 3.03. The van der Waals surface area contributed by atoms with Crippen molar-refractivity contribution in [3.05, 3.63) is 17.5 Å². The molecule has 4 rings (SSSR count). The summed E-state index contributed by atoms with van der Waals surface area (Å²) in [7, 11) is 1.99. The van der Waals surface area contributed by atoms with Crippen molar-refractivity contribution in [1.29, 1.82) is 0 Å². The van der Waals surface area contributed by atoms with Gasteiger partial charge >= 0.3 is 0 Å². The van der Waals surface area contributed by atoms with Crippen molar-refractivity contribution in [3.8, 4) is 0 Å². The second-order valence-corrected chi connectivity index (χ2v) is 7.36. The van der Waals surface area contributed by atoms with E-state index in [1.54, 1.807) is 0 Å². The Bertz CT molecular complexity index is 561. The van der Waals surface area contributed by atoms with E-state index in [9.17, 15) is 4.79 Å². The fourth-order valence-corrected chi connectivity index (χ4v) is 4.71. The molecule has 3 heterocycles. The average molecular weight is 339 g/mol. The summed E-state index contributed by atoms with van der Waals surface area (Å²) < 4.78 is 1.96. The fourth-order valence-electron chi connectivity index (χ4n) is 4.71. The first-order valence-electron chi connectivity index (χ1n) is 8.75. The third-order valence-electron chi connectivity index (χ3n) is 5.76. The van der Waals surface area contributed by atoms with E-state index in [-0.39, 0.29) is 24.4 Å². The Labute approximate surface area is 144 Å². The number of hydrogen-bond donors (Lipinski definition) is 2. The molecule has 1 aromatic rings. The van der Waals surface area contributed by atoms with Gasteiger partial charge in [-0.05, 0) is 50.9 Å². The summed E-state index contributed by atoms with van der Waals surface area (Å²) >= 11 is 0. The van der Waals surface area contributed by atoms with Crippen molar-refractivity contribution in [1.82, 2.24) is 20.4 Å². The maximum Gasteiger partial charge on any atom is 0.220 e. The Morgan fingerprint density at radius 1 is 1.35 bits per heavy atom. The molecular weight excluding hydrogens is 312 g/mol. The summed E-state index contributed by atoms with van der Waals surface area (Å²) in [4.78, 5) is 12.5. The SMILES string of the molecule is Cl.Cn1ncc2c1CCCC2NC(=O)CC1CC2CCC(C1)N2. The van der Waals surface area contributed by atoms with Crippen LogP contribution in [0.1, 0.15) is 62.2 Å². The van der Waals surface area contributed by atoms with Crippen LogP contribution in [0.5, 0.6) is 0 Å². The number of amides is 1. The topological polar surface area (TPSA) is 59.0 Å². The number of rotatable bonds is 3. The monoisotopic (exact) mass is 338 g/mol. The molecule has 6 heteroatoms. The van der Waals surface area contributed by atoms with Gasteiger partial charge in [-0.1, -0.05) is 0 Å². The number of carbonyl (C=O) groups excluding carboxylic acids is 1. The molecule has 5 nitrogen and oxygen atoms in total. The maximum atomic E-state index is 12.5. The van der Waals surface area contributed by atoms with Crippen LogP contribution in [-0.4, -0.2) is 27.8 Å². The Morgan fingerprint density at radius 3 is 2.83 bits per heavy atom. The van der Waals surface area contributed by atoms with E-state index >= 15 is 0 Å². The largest absolute Gasteiger partial charge is 0.349 e. The lowest BCUT2D eigenvalue weighted by atomic mass is 9.88. The van der Waals surface area contributed by atoms with Crippen LogP contribution in [0.2, 0.25) is 0 Å². The van der Waals surface area contributed by atoms with Crippen molar-refractivity contribution >= 4 is 18.3 Å². The normalized spacial score (nSPS) is 32.0. The minimum absolute atomic E-state index is 0. The van der Waals surface area contributed by atoms with Crippen LogP contribution in [0.4, 0.5) is 0 Å². The van der Waals surface area contributed by atoms with Crippen molar-refractivity contribution in [2.45, 2.75) is 69.5 Å². The quantitative estimate of drug-likeness (QED) is 0.888. The minimum Gasteiger partial charge on any atom is -0.349 e. The molecule has 2 saturated heterocycles. The molecule has 1 amide bonds. The van der Waals surface area contributed by atoms with Crippen LogP contribution < -0.4 is 10.6 Å². The summed E-state index contributed by atoms with van der Waals surface area (Å²) in [6, 6.07) is 1.50. The molecule has 0 radical (unpaired) electrons. The summed E-state index contributed by atoms with van der Waals surface area (Å²) in [5.74, 6) is 0.795. The summed E-state index contributed by atoms with van der Waals surface area (Å²) in [6.07, 6.45) is 10.8. The highest BCUT2D eigenvalue weighted by Crippen LogP contribution is 2.33. The number of nitrogens with one attached hydrogen (secondary N) is 2. The van der Waals surface area contributed by atoms with Gasteiger partial charge in [0, 0.05) is 36.8 Å². The highest BCUT2D eigenvalue weighted by Gasteiger charge is 2.34. The van der Waals surface area contributed by atoms with E-state index in [2.05, 4.69) is 15.7 Å². The lowest BCUT2D eigenvalue weighted by Gasteiger charge is -2.30. The minimum atomic E-state index is 0. The zero-order chi connectivity index (χ0) is 15.1. The van der Waals surface area contributed by atoms with Gasteiger partial charge < -0.3 is 10.6 Å². The van der Waals surface area contributed by atoms with Gasteiger partial charge in [-0.25, -0.2) is 0 Å². The van der Waals surface area contributed by atoms with E-state index < -0.39 is 0 Å². The van der Waals surface area contributed by atoms with Gasteiger partial charge in [0.05, 0.1) is 12.2 Å². The van der Waals surface area contributed by atoms with Gasteiger partial charge in [0.1, 0.15) is 0 Å². The van der Waals surface area contributed by atoms with Crippen LogP contribution in [0.15, 0.2) is 6.20 Å². The number of aryl methyl sites for hydroxylation is 1. The third-order valence-corrected chi connectivity index (χ3v) is 5.76. The Kier molecular flexibility index (Phi) is 4.97. The van der Waals surface area contributed by atoms with E-state index in [1.165, 1.54) is 36.9 Å². The second-order valence-electron chi connectivity index (χ2n) is 7.36. The maximum absolute atomic E-state index is 12.5. The molecular formula is C17H27ClN4O. The van der Waals surface area contributed by atoms with Crippen LogP contribution in [0.3, 0.4) is 0 Å². The highest BCUT2D eigenvalue weighted by atomic mass is 35.5. The molecule has 2 N–H and O–H groups in total. The van der Waals surface area contributed by atoms with Gasteiger partial charge in [-0.15, -0.1) is 12.4 Å². The molecule has 0 aromatic carbocycles. The molecule has 3 aliphatic rings. The molecule has 2 bridgehead atoms. The molecule has 0 saturated carbocycles. The van der Waals surface area contributed by atoms with Gasteiger partial charge in [0.25, 0.3) is 0 Å². The van der Waals surface area contributed by atoms with Crippen molar-refractivity contribution in [2.75, 3.05) is 0 Å². The third kappa shape index (κ3) is 3.41. The van der Waals surface area contributed by atoms with Crippen LogP contribution in [-0.2, 0) is 18.3 Å². The van der Waals surface area contributed by atoms with Crippen molar-refractivity contribution in [2.24, 2.45) is 13.0 Å². The number of piperidine rings is 1. The van der Waals surface area contributed by atoms with Crippen LogP contribution in [0.25, 0.3) is 0 Å². The summed E-state index contributed by atoms with van der Waals surface area (Å²) in [6.45, 7) is 0. The van der Waals surface area contributed by atoms with E-state index in [0.717, 1.165) is 19.3 Å². The van der Waals surface area contributed by atoms with Crippen LogP contribution in [0, 0.1) is 5.92 Å². The van der Waals surface area contributed by atoms with Crippen molar-refractivity contribution < 1.29 is 4.79 Å². The Morgan fingerprint density at radius 2 is 2.09 bits per heavy atom. The Hall–Kier alpha value is -1.07. The van der Waals surface area contributed by atoms with Crippen LogP contribution >= 0.6 is 12.4 Å². The predicted molar refractivity (Wildman–Crippen MR) is 91.6 cm³/mol. The molecule has 3 atom stereocenters. The van der Waals surface area contributed by atoms with Gasteiger partial charge in [0.2, 0.25) is 5.91 Å². The standard InChI is InChI=1S/C17H26N4O.ClH/c1-21-16-4-2-3-15(14(16)10-18-21)20-17(22)9-11-7-12-5-6-13(8-11)19-12;/h10-13,15,19H,2-9H2,1H3,(H,20,22);1H. The molecule has 128 valence electrons. The van der Waals surface area contributed by atoms with Gasteiger partial charge in [0.15, 0.2) is 0 Å². The zero-order valence-corrected chi connectivity index (χ0v) is 14.6. The molecule has 2 fully saturated rings. The number of hydrogen-bond acceptors (Lipinski definition) is 3. The highest BCUT2D eigenvalue weighted by molar-refractivity contribution is 5.85. The zero-order valence-electron chi connectivity index (χ0n) is 13.8. The van der Waals surface area contributed by atoms with E-state index in [1.807, 2.05) is 17.9 Å². The number of fused-ring (bicyclic) bond motifs is 3. The second kappa shape index (κ2) is 6.81. The van der Waals surface area contributed by atoms with Crippen molar-refractivity contribution in [3.63, 3.8) is 0 Å². The fraction of sp³-hybridized carbons (Fsp3) is 0.765. The first-order valence-corrected chi connectivity index (χ1v) is 8.75. The summed E-state index contributed by atoms with van der Waals surface area (Å²) in [5, 5.41) is 11.3. The molecule has 1 aromatic heterocycles. The first kappa shape index (κ1) is 16.8. The van der Waals surface area contributed by atoms with E-state index in [4.69, 9.17) is 0 Å². The summed E-state index contributed by atoms with van der Waals surface area (Å²) in [5.41, 5.74) is 2.52. The number of nitrogens with zero attached hydrogens (tertiary/aromatic N) is 2. The first-order chi connectivity index (χ1) is 10.7. The molecule has 0 spiro atoms.